The maximum atomic E-state index is 11.7. The molecule has 0 fully saturated rings. The average Bonchev–Trinajstić information content (AvgIpc) is 2.55. The first-order valence-corrected chi connectivity index (χ1v) is 5.54. The summed E-state index contributed by atoms with van der Waals surface area (Å²) in [4.78, 5) is 24.5. The number of rotatable bonds is 3. The second-order valence-corrected chi connectivity index (χ2v) is 3.92. The topological polar surface area (TPSA) is 49.4 Å². The van der Waals surface area contributed by atoms with Gasteiger partial charge >= 0.3 is 0 Å². The maximum absolute atomic E-state index is 11.7. The van der Waals surface area contributed by atoms with Gasteiger partial charge in [0.1, 0.15) is 0 Å². The van der Waals surface area contributed by atoms with Crippen LogP contribution in [0.4, 0.5) is 5.69 Å². The fraction of sp³-hybridized carbons (Fsp3) is 0.167. The summed E-state index contributed by atoms with van der Waals surface area (Å²) in [6.07, 6.45) is 1.74. The zero-order valence-corrected chi connectivity index (χ0v) is 9.99. The molecule has 0 saturated carbocycles. The van der Waals surface area contributed by atoms with Gasteiger partial charge in [0.05, 0.1) is 11.1 Å². The van der Waals surface area contributed by atoms with Crippen LogP contribution in [-0.2, 0) is 0 Å². The van der Waals surface area contributed by atoms with Crippen LogP contribution in [-0.4, -0.2) is 30.3 Å². The maximum Gasteiger partial charge on any atom is 0.261 e. The second-order valence-electron chi connectivity index (χ2n) is 3.67. The molecule has 5 heteroatoms. The van der Waals surface area contributed by atoms with Crippen LogP contribution in [0.1, 0.15) is 20.7 Å². The number of anilines is 1. The van der Waals surface area contributed by atoms with E-state index in [1.165, 1.54) is 12.6 Å². The van der Waals surface area contributed by atoms with Crippen molar-refractivity contribution in [3.63, 3.8) is 0 Å². The van der Waals surface area contributed by atoms with Gasteiger partial charge in [-0.05, 0) is 18.2 Å². The summed E-state index contributed by atoms with van der Waals surface area (Å²) in [6, 6.07) is 5.11. The SMILES string of the molecule is CN1C(=O)c2ccc(NC/C=C/Cl)cc2C1=O. The minimum absolute atomic E-state index is 0.253. The average molecular weight is 251 g/mol. The molecule has 1 aliphatic rings. The molecule has 0 saturated heterocycles. The van der Waals surface area contributed by atoms with Crippen LogP contribution in [0.2, 0.25) is 0 Å². The van der Waals surface area contributed by atoms with Crippen molar-refractivity contribution in [1.29, 1.82) is 0 Å². The molecule has 2 rings (SSSR count). The van der Waals surface area contributed by atoms with E-state index in [4.69, 9.17) is 11.6 Å². The largest absolute Gasteiger partial charge is 0.382 e. The molecule has 1 heterocycles. The molecule has 0 aliphatic carbocycles. The molecule has 17 heavy (non-hydrogen) atoms. The van der Waals surface area contributed by atoms with E-state index in [1.54, 1.807) is 24.3 Å². The summed E-state index contributed by atoms with van der Waals surface area (Å²) in [7, 11) is 1.48. The van der Waals surface area contributed by atoms with E-state index in [9.17, 15) is 9.59 Å². The number of carbonyl (C=O) groups excluding carboxylic acids is 2. The Labute approximate surface area is 104 Å². The highest BCUT2D eigenvalue weighted by Gasteiger charge is 2.32. The van der Waals surface area contributed by atoms with Gasteiger partial charge in [-0.15, -0.1) is 0 Å². The normalized spacial score (nSPS) is 14.6. The zero-order valence-electron chi connectivity index (χ0n) is 9.24. The molecule has 0 atom stereocenters. The Morgan fingerprint density at radius 2 is 2.00 bits per heavy atom. The van der Waals surface area contributed by atoms with Gasteiger partial charge in [-0.3, -0.25) is 14.5 Å². The molecule has 4 nitrogen and oxygen atoms in total. The molecular weight excluding hydrogens is 240 g/mol. The number of nitrogens with zero attached hydrogens (tertiary/aromatic N) is 1. The van der Waals surface area contributed by atoms with Crippen LogP contribution in [0, 0.1) is 0 Å². The Morgan fingerprint density at radius 1 is 1.29 bits per heavy atom. The molecule has 0 aromatic heterocycles. The lowest BCUT2D eigenvalue weighted by Gasteiger charge is -2.04. The Hall–Kier alpha value is -1.81. The standard InChI is InChI=1S/C12H11ClN2O2/c1-15-11(16)9-4-3-8(14-6-2-5-13)7-10(9)12(15)17/h2-5,7,14H,6H2,1H3/b5-2+. The number of fused-ring (bicyclic) bond motifs is 1. The summed E-state index contributed by atoms with van der Waals surface area (Å²) in [5.74, 6) is -0.515. The Kier molecular flexibility index (Phi) is 3.15. The lowest BCUT2D eigenvalue weighted by molar-refractivity contribution is 0.0693. The molecule has 1 N–H and O–H groups in total. The number of hydrogen-bond donors (Lipinski definition) is 1. The molecule has 88 valence electrons. The van der Waals surface area contributed by atoms with Crippen LogP contribution in [0.25, 0.3) is 0 Å². The molecule has 0 bridgehead atoms. The smallest absolute Gasteiger partial charge is 0.261 e. The van der Waals surface area contributed by atoms with Gasteiger partial charge in [0.2, 0.25) is 0 Å². The van der Waals surface area contributed by atoms with Gasteiger partial charge in [0.25, 0.3) is 11.8 Å². The van der Waals surface area contributed by atoms with Crippen molar-refractivity contribution in [3.05, 3.63) is 40.9 Å². The molecule has 1 aliphatic heterocycles. The quantitative estimate of drug-likeness (QED) is 0.836. The molecule has 2 amide bonds. The van der Waals surface area contributed by atoms with Crippen molar-refractivity contribution < 1.29 is 9.59 Å². The van der Waals surface area contributed by atoms with Gasteiger partial charge in [-0.1, -0.05) is 17.7 Å². The highest BCUT2D eigenvalue weighted by Crippen LogP contribution is 2.24. The number of hydrogen-bond acceptors (Lipinski definition) is 3. The first-order chi connectivity index (χ1) is 8.15. The number of imide groups is 1. The van der Waals surface area contributed by atoms with Crippen molar-refractivity contribution >= 4 is 29.1 Å². The summed E-state index contributed by atoms with van der Waals surface area (Å²) < 4.78 is 0. The molecule has 1 aromatic carbocycles. The molecule has 0 unspecified atom stereocenters. The molecular formula is C12H11ClN2O2. The molecule has 0 spiro atoms. The third kappa shape index (κ3) is 2.03. The molecule has 1 aromatic rings. The van der Waals surface area contributed by atoms with E-state index in [1.807, 2.05) is 0 Å². The highest BCUT2D eigenvalue weighted by atomic mass is 35.5. The van der Waals surface area contributed by atoms with E-state index < -0.39 is 0 Å². The van der Waals surface area contributed by atoms with E-state index in [-0.39, 0.29) is 11.8 Å². The van der Waals surface area contributed by atoms with Crippen LogP contribution < -0.4 is 5.32 Å². The van der Waals surface area contributed by atoms with Gasteiger partial charge in [0, 0.05) is 24.8 Å². The Balaban J connectivity index is 2.27. The summed E-state index contributed by atoms with van der Waals surface area (Å²) in [5, 5.41) is 3.07. The fourth-order valence-corrected chi connectivity index (χ4v) is 1.78. The number of carbonyl (C=O) groups is 2. The van der Waals surface area contributed by atoms with E-state index >= 15 is 0 Å². The minimum Gasteiger partial charge on any atom is -0.382 e. The predicted octanol–water partition coefficient (Wildman–Crippen LogP) is 2.08. The summed E-state index contributed by atoms with van der Waals surface area (Å²) >= 11 is 5.40. The van der Waals surface area contributed by atoms with Crippen LogP contribution in [0.5, 0.6) is 0 Å². The lowest BCUT2D eigenvalue weighted by Crippen LogP contribution is -2.24. The third-order valence-corrected chi connectivity index (χ3v) is 2.78. The fourth-order valence-electron chi connectivity index (χ4n) is 1.69. The predicted molar refractivity (Wildman–Crippen MR) is 66.3 cm³/mol. The van der Waals surface area contributed by atoms with Crippen LogP contribution in [0.3, 0.4) is 0 Å². The van der Waals surface area contributed by atoms with Crippen LogP contribution in [0.15, 0.2) is 29.8 Å². The van der Waals surface area contributed by atoms with Crippen molar-refractivity contribution in [2.24, 2.45) is 0 Å². The zero-order chi connectivity index (χ0) is 12.4. The van der Waals surface area contributed by atoms with Crippen molar-refractivity contribution in [3.8, 4) is 0 Å². The second kappa shape index (κ2) is 4.59. The number of nitrogens with one attached hydrogen (secondary N) is 1. The number of halogens is 1. The lowest BCUT2D eigenvalue weighted by atomic mass is 10.1. The first kappa shape index (κ1) is 11.7. The van der Waals surface area contributed by atoms with Gasteiger partial charge in [-0.2, -0.15) is 0 Å². The Morgan fingerprint density at radius 3 is 2.71 bits per heavy atom. The van der Waals surface area contributed by atoms with Crippen molar-refractivity contribution in [2.45, 2.75) is 0 Å². The number of amides is 2. The highest BCUT2D eigenvalue weighted by molar-refractivity contribution is 6.25. The van der Waals surface area contributed by atoms with Crippen molar-refractivity contribution in [2.75, 3.05) is 18.9 Å². The van der Waals surface area contributed by atoms with Gasteiger partial charge < -0.3 is 5.32 Å². The van der Waals surface area contributed by atoms with E-state index in [0.29, 0.717) is 17.7 Å². The van der Waals surface area contributed by atoms with Crippen molar-refractivity contribution in [1.82, 2.24) is 4.90 Å². The minimum atomic E-state index is -0.262. The summed E-state index contributed by atoms with van der Waals surface area (Å²) in [6.45, 7) is 0.570. The molecule has 0 radical (unpaired) electrons. The van der Waals surface area contributed by atoms with Crippen LogP contribution >= 0.6 is 11.6 Å². The summed E-state index contributed by atoms with van der Waals surface area (Å²) in [5.41, 5.74) is 3.10. The first-order valence-electron chi connectivity index (χ1n) is 5.10. The van der Waals surface area contributed by atoms with Gasteiger partial charge in [-0.25, -0.2) is 0 Å². The monoisotopic (exact) mass is 250 g/mol. The third-order valence-electron chi connectivity index (χ3n) is 2.60. The van der Waals surface area contributed by atoms with E-state index in [2.05, 4.69) is 5.32 Å². The van der Waals surface area contributed by atoms with E-state index in [0.717, 1.165) is 10.6 Å². The Bertz CT molecular complexity index is 511. The number of benzene rings is 1. The van der Waals surface area contributed by atoms with Gasteiger partial charge in [0.15, 0.2) is 0 Å².